The van der Waals surface area contributed by atoms with Crippen molar-refractivity contribution in [2.45, 2.75) is 39.3 Å². The summed E-state index contributed by atoms with van der Waals surface area (Å²) in [5.41, 5.74) is 5.85. The number of nitrogens with one attached hydrogen (secondary N) is 2. The third-order valence-corrected chi connectivity index (χ3v) is 6.20. The molecule has 0 saturated carbocycles. The number of anilines is 3. The summed E-state index contributed by atoms with van der Waals surface area (Å²) in [6.07, 6.45) is 0.713. The molecular weight excluding hydrogens is 440 g/mol. The summed E-state index contributed by atoms with van der Waals surface area (Å²) in [4.78, 5) is 25.9. The number of nitrogens with zero attached hydrogens (tertiary/aromatic N) is 2. The molecule has 0 bridgehead atoms. The third kappa shape index (κ3) is 4.97. The number of fused-ring (bicyclic) bond motifs is 1. The van der Waals surface area contributed by atoms with Crippen LogP contribution in [0.3, 0.4) is 0 Å². The Kier molecular flexibility index (Phi) is 6.74. The van der Waals surface area contributed by atoms with Gasteiger partial charge in [0.05, 0.1) is 18.7 Å². The normalized spacial score (nSPS) is 16.6. The summed E-state index contributed by atoms with van der Waals surface area (Å²) in [6.45, 7) is 5.12. The van der Waals surface area contributed by atoms with Crippen LogP contribution in [0.1, 0.15) is 44.4 Å². The van der Waals surface area contributed by atoms with Crippen LogP contribution in [0.15, 0.2) is 60.7 Å². The molecule has 0 radical (unpaired) electrons. The van der Waals surface area contributed by atoms with Gasteiger partial charge in [0.25, 0.3) is 0 Å². The maximum atomic E-state index is 12.5. The van der Waals surface area contributed by atoms with E-state index in [1.165, 1.54) is 6.92 Å². The van der Waals surface area contributed by atoms with Gasteiger partial charge in [-0.25, -0.2) is 0 Å². The number of amides is 2. The van der Waals surface area contributed by atoms with Gasteiger partial charge >= 0.3 is 0 Å². The molecule has 0 saturated heterocycles. The standard InChI is InChI=1S/C28H28N4O3/c1-17-12-26(31-24-10-8-22(16-29)28(15-24)35-4)25-14-21(9-11-27(25)32(17)19(3)34)20-6-5-7-23(13-20)30-18(2)33/h5-11,13-15,17,26,31H,12H2,1-4H3,(H,30,33)/t17-,26+/m0/s1. The smallest absolute Gasteiger partial charge is 0.224 e. The molecule has 2 atom stereocenters. The number of hydrogen-bond acceptors (Lipinski definition) is 5. The largest absolute Gasteiger partial charge is 0.495 e. The van der Waals surface area contributed by atoms with Crippen LogP contribution in [0.2, 0.25) is 0 Å². The first-order valence-electron chi connectivity index (χ1n) is 11.5. The Bertz CT molecular complexity index is 1330. The first-order valence-corrected chi connectivity index (χ1v) is 11.5. The van der Waals surface area contributed by atoms with Gasteiger partial charge in [-0.3, -0.25) is 9.59 Å². The van der Waals surface area contributed by atoms with Gasteiger partial charge in [0.1, 0.15) is 11.8 Å². The van der Waals surface area contributed by atoms with Crippen LogP contribution < -0.4 is 20.3 Å². The van der Waals surface area contributed by atoms with E-state index < -0.39 is 0 Å². The first kappa shape index (κ1) is 23.8. The van der Waals surface area contributed by atoms with Crippen molar-refractivity contribution in [1.82, 2.24) is 0 Å². The Morgan fingerprint density at radius 1 is 1.03 bits per heavy atom. The predicted octanol–water partition coefficient (Wildman–Crippen LogP) is 5.49. The lowest BCUT2D eigenvalue weighted by Gasteiger charge is -2.40. The number of methoxy groups -OCH3 is 1. The van der Waals surface area contributed by atoms with Crippen LogP contribution in [0.25, 0.3) is 11.1 Å². The monoisotopic (exact) mass is 468 g/mol. The zero-order chi connectivity index (χ0) is 25.1. The highest BCUT2D eigenvalue weighted by Gasteiger charge is 2.32. The summed E-state index contributed by atoms with van der Waals surface area (Å²) in [6, 6.07) is 21.3. The van der Waals surface area contributed by atoms with E-state index in [0.717, 1.165) is 33.8 Å². The molecule has 35 heavy (non-hydrogen) atoms. The number of hydrogen-bond donors (Lipinski definition) is 2. The number of benzene rings is 3. The molecule has 2 amide bonds. The maximum Gasteiger partial charge on any atom is 0.224 e. The minimum absolute atomic E-state index is 0.00218. The van der Waals surface area contributed by atoms with Crippen molar-refractivity contribution >= 4 is 28.9 Å². The minimum atomic E-state index is -0.124. The van der Waals surface area contributed by atoms with E-state index in [1.54, 1.807) is 20.1 Å². The topological polar surface area (TPSA) is 94.5 Å². The molecule has 7 heteroatoms. The van der Waals surface area contributed by atoms with Gasteiger partial charge in [-0.1, -0.05) is 18.2 Å². The molecule has 1 aliphatic heterocycles. The second-order valence-electron chi connectivity index (χ2n) is 8.73. The van der Waals surface area contributed by atoms with Crippen molar-refractivity contribution in [3.05, 3.63) is 71.8 Å². The van der Waals surface area contributed by atoms with E-state index >= 15 is 0 Å². The van der Waals surface area contributed by atoms with Crippen molar-refractivity contribution in [2.24, 2.45) is 0 Å². The number of nitriles is 1. The number of ether oxygens (including phenoxy) is 1. The number of carbonyl (C=O) groups excluding carboxylic acids is 2. The Hall–Kier alpha value is -4.31. The second-order valence-corrected chi connectivity index (χ2v) is 8.73. The molecule has 1 aliphatic rings. The first-order chi connectivity index (χ1) is 16.8. The van der Waals surface area contributed by atoms with Crippen LogP contribution in [-0.2, 0) is 9.59 Å². The highest BCUT2D eigenvalue weighted by atomic mass is 16.5. The van der Waals surface area contributed by atoms with Gasteiger partial charge in [-0.05, 0) is 66.4 Å². The van der Waals surface area contributed by atoms with Crippen molar-refractivity contribution in [3.8, 4) is 22.9 Å². The van der Waals surface area contributed by atoms with E-state index in [0.29, 0.717) is 17.7 Å². The zero-order valence-corrected chi connectivity index (χ0v) is 20.3. The molecule has 3 aromatic rings. The fourth-order valence-electron chi connectivity index (χ4n) is 4.71. The van der Waals surface area contributed by atoms with E-state index in [9.17, 15) is 14.9 Å². The highest BCUT2D eigenvalue weighted by Crippen LogP contribution is 2.41. The highest BCUT2D eigenvalue weighted by molar-refractivity contribution is 5.94. The lowest BCUT2D eigenvalue weighted by molar-refractivity contribution is -0.117. The molecule has 2 N–H and O–H groups in total. The van der Waals surface area contributed by atoms with Gasteiger partial charge in [0, 0.05) is 43.0 Å². The third-order valence-electron chi connectivity index (χ3n) is 6.20. The van der Waals surface area contributed by atoms with Gasteiger partial charge < -0.3 is 20.3 Å². The molecule has 3 aromatic carbocycles. The summed E-state index contributed by atoms with van der Waals surface area (Å²) < 4.78 is 5.38. The molecule has 1 heterocycles. The van der Waals surface area contributed by atoms with Crippen molar-refractivity contribution < 1.29 is 14.3 Å². The van der Waals surface area contributed by atoms with Gasteiger partial charge in [0.15, 0.2) is 0 Å². The van der Waals surface area contributed by atoms with Crippen LogP contribution >= 0.6 is 0 Å². The van der Waals surface area contributed by atoms with E-state index in [4.69, 9.17) is 4.74 Å². The SMILES string of the molecule is COc1cc(N[C@@H]2C[C@H](C)N(C(C)=O)c3ccc(-c4cccc(NC(C)=O)c4)cc32)ccc1C#N. The second kappa shape index (κ2) is 9.90. The van der Waals surface area contributed by atoms with Crippen molar-refractivity contribution in [3.63, 3.8) is 0 Å². The van der Waals surface area contributed by atoms with Gasteiger partial charge in [0.2, 0.25) is 11.8 Å². The molecule has 4 rings (SSSR count). The summed E-state index contributed by atoms with van der Waals surface area (Å²) in [5.74, 6) is 0.383. The molecule has 178 valence electrons. The Morgan fingerprint density at radius 3 is 2.49 bits per heavy atom. The quantitative estimate of drug-likeness (QED) is 0.516. The number of rotatable bonds is 5. The van der Waals surface area contributed by atoms with Crippen LogP contribution in [-0.4, -0.2) is 25.0 Å². The van der Waals surface area contributed by atoms with E-state index in [2.05, 4.69) is 22.8 Å². The molecule has 0 aromatic heterocycles. The Balaban J connectivity index is 1.76. The average Bonchev–Trinajstić information content (AvgIpc) is 2.83. The van der Waals surface area contributed by atoms with Crippen LogP contribution in [0.4, 0.5) is 17.1 Å². The Labute approximate surface area is 205 Å². The van der Waals surface area contributed by atoms with Gasteiger partial charge in [-0.15, -0.1) is 0 Å². The molecule has 0 aliphatic carbocycles. The molecule has 0 unspecified atom stereocenters. The van der Waals surface area contributed by atoms with Crippen molar-refractivity contribution in [1.29, 1.82) is 5.26 Å². The number of carbonyl (C=O) groups is 2. The summed E-state index contributed by atoms with van der Waals surface area (Å²) in [5, 5.41) is 15.7. The minimum Gasteiger partial charge on any atom is -0.495 e. The fourth-order valence-corrected chi connectivity index (χ4v) is 4.71. The summed E-state index contributed by atoms with van der Waals surface area (Å²) in [7, 11) is 1.55. The molecule has 7 nitrogen and oxygen atoms in total. The van der Waals surface area contributed by atoms with E-state index in [1.807, 2.05) is 60.4 Å². The fraction of sp³-hybridized carbons (Fsp3) is 0.250. The maximum absolute atomic E-state index is 12.5. The molecule has 0 fully saturated rings. The lowest BCUT2D eigenvalue weighted by Crippen LogP contribution is -2.43. The van der Waals surface area contributed by atoms with Crippen LogP contribution in [0, 0.1) is 11.3 Å². The van der Waals surface area contributed by atoms with E-state index in [-0.39, 0.29) is 23.9 Å². The van der Waals surface area contributed by atoms with Gasteiger partial charge in [-0.2, -0.15) is 5.26 Å². The average molecular weight is 469 g/mol. The van der Waals surface area contributed by atoms with Crippen molar-refractivity contribution in [2.75, 3.05) is 22.6 Å². The molecule has 0 spiro atoms. The van der Waals surface area contributed by atoms with Crippen LogP contribution in [0.5, 0.6) is 5.75 Å². The zero-order valence-electron chi connectivity index (χ0n) is 20.3. The summed E-state index contributed by atoms with van der Waals surface area (Å²) >= 11 is 0. The Morgan fingerprint density at radius 2 is 1.80 bits per heavy atom. The lowest BCUT2D eigenvalue weighted by atomic mass is 9.88. The molecular formula is C28H28N4O3. The predicted molar refractivity (Wildman–Crippen MR) is 137 cm³/mol.